The summed E-state index contributed by atoms with van der Waals surface area (Å²) in [6.07, 6.45) is 0. The molecule has 1 aliphatic heterocycles. The van der Waals surface area contributed by atoms with Crippen molar-refractivity contribution in [2.24, 2.45) is 0 Å². The summed E-state index contributed by atoms with van der Waals surface area (Å²) >= 11 is 1.40. The number of likely N-dealkylation sites (N-methyl/N-ethyl adjacent to an activating group) is 1. The molecule has 2 aromatic carbocycles. The van der Waals surface area contributed by atoms with Crippen molar-refractivity contribution < 1.29 is 8.42 Å². The molecule has 3 heterocycles. The molecule has 0 unspecified atom stereocenters. The summed E-state index contributed by atoms with van der Waals surface area (Å²) in [5.41, 5.74) is 1.72. The van der Waals surface area contributed by atoms with Crippen molar-refractivity contribution in [1.82, 2.24) is 30.0 Å². The van der Waals surface area contributed by atoms with Gasteiger partial charge in [0.25, 0.3) is 0 Å². The van der Waals surface area contributed by atoms with Gasteiger partial charge in [0.05, 0.1) is 10.6 Å². The molecule has 0 bridgehead atoms. The number of sulfone groups is 1. The summed E-state index contributed by atoms with van der Waals surface area (Å²) in [4.78, 5) is 17.8. The molecule has 1 fully saturated rings. The zero-order valence-electron chi connectivity index (χ0n) is 23.6. The number of nitrogens with zero attached hydrogens (tertiary/aromatic N) is 6. The Bertz CT molecular complexity index is 1530. The van der Waals surface area contributed by atoms with Crippen LogP contribution >= 0.6 is 11.8 Å². The standard InChI is InChI=1S/C29H36N8O2S2/c1-22-19-27(34-33-22)30-26-20-28(37-17-15-36(16-18-37)14-13-35(2)3)32-29(31-26)40-24-9-11-25(12-10-24)41(38,39)21-23-7-5-4-6-8-23/h4-12,19-20H,13-18,21H2,1-3H3,(H2,30,31,32,33,34). The molecule has 1 aliphatic rings. The molecule has 0 saturated carbocycles. The topological polar surface area (TPSA) is 110 Å². The summed E-state index contributed by atoms with van der Waals surface area (Å²) in [5.74, 6) is 2.16. The Morgan fingerprint density at radius 2 is 1.68 bits per heavy atom. The number of aromatic amines is 1. The first-order valence-electron chi connectivity index (χ1n) is 13.6. The van der Waals surface area contributed by atoms with Crippen molar-refractivity contribution in [2.45, 2.75) is 27.6 Å². The van der Waals surface area contributed by atoms with Gasteiger partial charge in [0.15, 0.2) is 20.8 Å². The van der Waals surface area contributed by atoms with Crippen LogP contribution in [-0.2, 0) is 15.6 Å². The van der Waals surface area contributed by atoms with Crippen LogP contribution in [0.25, 0.3) is 0 Å². The number of anilines is 3. The van der Waals surface area contributed by atoms with E-state index in [4.69, 9.17) is 9.97 Å². The quantitative estimate of drug-likeness (QED) is 0.248. The molecular weight excluding hydrogens is 557 g/mol. The molecule has 0 radical (unpaired) electrons. The van der Waals surface area contributed by atoms with E-state index in [9.17, 15) is 8.42 Å². The minimum atomic E-state index is -3.45. The molecule has 10 nitrogen and oxygen atoms in total. The molecule has 216 valence electrons. The normalized spacial score (nSPS) is 14.5. The molecular formula is C29H36N8O2S2. The molecule has 1 saturated heterocycles. The number of hydrogen-bond acceptors (Lipinski definition) is 10. The van der Waals surface area contributed by atoms with Gasteiger partial charge in [-0.05, 0) is 62.6 Å². The molecule has 0 spiro atoms. The predicted octanol–water partition coefficient (Wildman–Crippen LogP) is 4.06. The Balaban J connectivity index is 1.33. The fourth-order valence-electron chi connectivity index (χ4n) is 4.54. The van der Waals surface area contributed by atoms with Gasteiger partial charge in [0, 0.05) is 62.0 Å². The average molecular weight is 593 g/mol. The number of benzene rings is 2. The summed E-state index contributed by atoms with van der Waals surface area (Å²) in [6.45, 7) is 7.74. The molecule has 2 aromatic heterocycles. The van der Waals surface area contributed by atoms with E-state index in [-0.39, 0.29) is 5.75 Å². The van der Waals surface area contributed by atoms with Crippen molar-refractivity contribution in [3.05, 3.63) is 78.0 Å². The number of nitrogens with one attached hydrogen (secondary N) is 2. The van der Waals surface area contributed by atoms with E-state index in [0.29, 0.717) is 21.7 Å². The maximum atomic E-state index is 12.9. The summed E-state index contributed by atoms with van der Waals surface area (Å²) < 4.78 is 25.9. The van der Waals surface area contributed by atoms with Crippen LogP contribution in [-0.4, -0.2) is 91.7 Å². The lowest BCUT2D eigenvalue weighted by molar-refractivity contribution is 0.229. The molecule has 4 aromatic rings. The van der Waals surface area contributed by atoms with Crippen LogP contribution in [0.15, 0.2) is 81.7 Å². The Morgan fingerprint density at radius 3 is 2.34 bits per heavy atom. The first-order chi connectivity index (χ1) is 19.7. The number of aryl methyl sites for hydroxylation is 1. The highest BCUT2D eigenvalue weighted by Gasteiger charge is 2.20. The largest absolute Gasteiger partial charge is 0.354 e. The van der Waals surface area contributed by atoms with E-state index < -0.39 is 9.84 Å². The Morgan fingerprint density at radius 1 is 0.951 bits per heavy atom. The van der Waals surface area contributed by atoms with Gasteiger partial charge in [-0.25, -0.2) is 18.4 Å². The maximum absolute atomic E-state index is 12.9. The average Bonchev–Trinajstić information content (AvgIpc) is 3.36. The van der Waals surface area contributed by atoms with Crippen LogP contribution in [0.2, 0.25) is 0 Å². The first kappa shape index (κ1) is 29.1. The summed E-state index contributed by atoms with van der Waals surface area (Å²) in [6, 6.07) is 20.0. The Labute approximate surface area is 246 Å². The van der Waals surface area contributed by atoms with Crippen LogP contribution in [0, 0.1) is 6.92 Å². The van der Waals surface area contributed by atoms with E-state index in [0.717, 1.165) is 61.2 Å². The lowest BCUT2D eigenvalue weighted by Crippen LogP contribution is -2.48. The van der Waals surface area contributed by atoms with E-state index >= 15 is 0 Å². The van der Waals surface area contributed by atoms with Gasteiger partial charge < -0.3 is 15.1 Å². The van der Waals surface area contributed by atoms with Crippen molar-refractivity contribution in [1.29, 1.82) is 0 Å². The van der Waals surface area contributed by atoms with Crippen molar-refractivity contribution in [2.75, 3.05) is 63.6 Å². The predicted molar refractivity (Wildman–Crippen MR) is 164 cm³/mol. The first-order valence-corrected chi connectivity index (χ1v) is 16.1. The molecule has 2 N–H and O–H groups in total. The van der Waals surface area contributed by atoms with Crippen LogP contribution in [0.3, 0.4) is 0 Å². The monoisotopic (exact) mass is 592 g/mol. The highest BCUT2D eigenvalue weighted by molar-refractivity contribution is 7.99. The highest BCUT2D eigenvalue weighted by atomic mass is 32.2. The highest BCUT2D eigenvalue weighted by Crippen LogP contribution is 2.30. The lowest BCUT2D eigenvalue weighted by atomic mass is 10.2. The Kier molecular flexibility index (Phi) is 9.23. The summed E-state index contributed by atoms with van der Waals surface area (Å²) in [7, 11) is 0.749. The second-order valence-corrected chi connectivity index (χ2v) is 13.4. The third kappa shape index (κ3) is 8.07. The van der Waals surface area contributed by atoms with Crippen LogP contribution in [0.5, 0.6) is 0 Å². The van der Waals surface area contributed by atoms with Gasteiger partial charge in [-0.15, -0.1) is 0 Å². The van der Waals surface area contributed by atoms with Gasteiger partial charge in [0.2, 0.25) is 0 Å². The van der Waals surface area contributed by atoms with E-state index in [2.05, 4.69) is 44.3 Å². The van der Waals surface area contributed by atoms with Gasteiger partial charge in [0.1, 0.15) is 11.6 Å². The van der Waals surface area contributed by atoms with Crippen LogP contribution < -0.4 is 10.2 Å². The minimum absolute atomic E-state index is 0.0322. The number of rotatable bonds is 11. The molecule has 0 aliphatic carbocycles. The molecule has 41 heavy (non-hydrogen) atoms. The van der Waals surface area contributed by atoms with Crippen molar-refractivity contribution >= 4 is 39.1 Å². The van der Waals surface area contributed by atoms with Gasteiger partial charge in [-0.1, -0.05) is 30.3 Å². The van der Waals surface area contributed by atoms with Gasteiger partial charge in [-0.3, -0.25) is 10.00 Å². The fraction of sp³-hybridized carbons (Fsp3) is 0.345. The second-order valence-electron chi connectivity index (χ2n) is 10.4. The van der Waals surface area contributed by atoms with E-state index in [1.807, 2.05) is 61.5 Å². The zero-order chi connectivity index (χ0) is 28.8. The third-order valence-corrected chi connectivity index (χ3v) is 9.38. The number of hydrogen-bond donors (Lipinski definition) is 2. The van der Waals surface area contributed by atoms with Crippen molar-refractivity contribution in [3.63, 3.8) is 0 Å². The lowest BCUT2D eigenvalue weighted by Gasteiger charge is -2.36. The fourth-order valence-corrected chi connectivity index (χ4v) is 6.65. The van der Waals surface area contributed by atoms with Crippen molar-refractivity contribution in [3.8, 4) is 0 Å². The van der Waals surface area contributed by atoms with Crippen LogP contribution in [0.4, 0.5) is 17.5 Å². The SMILES string of the molecule is Cc1cc(Nc2cc(N3CCN(CCN(C)C)CC3)nc(Sc3ccc(S(=O)(=O)Cc4ccccc4)cc3)n2)n[nH]1. The maximum Gasteiger partial charge on any atom is 0.196 e. The van der Waals surface area contributed by atoms with Crippen LogP contribution in [0.1, 0.15) is 11.3 Å². The molecule has 12 heteroatoms. The zero-order valence-corrected chi connectivity index (χ0v) is 25.2. The number of piperazine rings is 1. The minimum Gasteiger partial charge on any atom is -0.354 e. The Hall–Kier alpha value is -3.45. The number of aromatic nitrogens is 4. The number of H-pyrrole nitrogens is 1. The smallest absolute Gasteiger partial charge is 0.196 e. The second kappa shape index (κ2) is 13.0. The molecule has 0 atom stereocenters. The van der Waals surface area contributed by atoms with Gasteiger partial charge >= 0.3 is 0 Å². The van der Waals surface area contributed by atoms with Gasteiger partial charge in [-0.2, -0.15) is 5.10 Å². The third-order valence-electron chi connectivity index (χ3n) is 6.81. The molecule has 5 rings (SSSR count). The van der Waals surface area contributed by atoms with E-state index in [1.165, 1.54) is 11.8 Å². The summed E-state index contributed by atoms with van der Waals surface area (Å²) in [5, 5.41) is 11.1. The van der Waals surface area contributed by atoms with E-state index in [1.54, 1.807) is 12.1 Å². The molecule has 0 amide bonds.